The molecule has 0 aliphatic heterocycles. The number of aromatic nitrogens is 1. The molecule has 4 heteroatoms. The quantitative estimate of drug-likeness (QED) is 0.848. The molecule has 0 aliphatic carbocycles. The number of rotatable bonds is 7. The maximum absolute atomic E-state index is 5.21. The van der Waals surface area contributed by atoms with Crippen LogP contribution in [0.4, 0.5) is 0 Å². The number of likely N-dealkylation sites (N-methyl/N-ethyl adjacent to an activating group) is 2. The molecule has 2 aromatic rings. The average molecular weight is 285 g/mol. The number of nitrogens with one attached hydrogen (secondary N) is 1. The highest BCUT2D eigenvalue weighted by Crippen LogP contribution is 2.18. The van der Waals surface area contributed by atoms with Gasteiger partial charge in [0.25, 0.3) is 0 Å². The number of pyridine rings is 1. The van der Waals surface area contributed by atoms with Crippen molar-refractivity contribution in [3.8, 4) is 5.75 Å². The maximum Gasteiger partial charge on any atom is 0.118 e. The van der Waals surface area contributed by atoms with Crippen LogP contribution in [0.25, 0.3) is 0 Å². The Labute approximate surface area is 126 Å². The third kappa shape index (κ3) is 4.55. The predicted molar refractivity (Wildman–Crippen MR) is 85.4 cm³/mol. The van der Waals surface area contributed by atoms with Gasteiger partial charge in [-0.2, -0.15) is 0 Å². The lowest BCUT2D eigenvalue weighted by molar-refractivity contribution is 0.289. The zero-order chi connectivity index (χ0) is 15.1. The number of methoxy groups -OCH3 is 1. The highest BCUT2D eigenvalue weighted by molar-refractivity contribution is 5.29. The average Bonchev–Trinajstić information content (AvgIpc) is 2.53. The minimum Gasteiger partial charge on any atom is -0.497 e. The van der Waals surface area contributed by atoms with Crippen molar-refractivity contribution in [1.29, 1.82) is 0 Å². The first-order valence-corrected chi connectivity index (χ1v) is 7.11. The molecule has 1 atom stereocenters. The van der Waals surface area contributed by atoms with Gasteiger partial charge in [-0.25, -0.2) is 0 Å². The molecular weight excluding hydrogens is 262 g/mol. The second kappa shape index (κ2) is 7.76. The molecule has 0 aliphatic rings. The van der Waals surface area contributed by atoms with Crippen LogP contribution in [0.2, 0.25) is 0 Å². The van der Waals surface area contributed by atoms with Crippen molar-refractivity contribution in [2.24, 2.45) is 0 Å². The van der Waals surface area contributed by atoms with Crippen LogP contribution < -0.4 is 10.1 Å². The van der Waals surface area contributed by atoms with Crippen molar-refractivity contribution in [1.82, 2.24) is 15.2 Å². The summed E-state index contributed by atoms with van der Waals surface area (Å²) in [6.07, 6.45) is 3.67. The lowest BCUT2D eigenvalue weighted by Crippen LogP contribution is -2.30. The maximum atomic E-state index is 5.21. The van der Waals surface area contributed by atoms with Crippen LogP contribution >= 0.6 is 0 Å². The Morgan fingerprint density at radius 3 is 2.38 bits per heavy atom. The molecule has 1 heterocycles. The van der Waals surface area contributed by atoms with E-state index >= 15 is 0 Å². The lowest BCUT2D eigenvalue weighted by Gasteiger charge is -2.24. The van der Waals surface area contributed by atoms with E-state index in [1.807, 2.05) is 31.6 Å². The molecular formula is C17H23N3O. The summed E-state index contributed by atoms with van der Waals surface area (Å²) in [7, 11) is 5.82. The smallest absolute Gasteiger partial charge is 0.118 e. The third-order valence-electron chi connectivity index (χ3n) is 3.56. The topological polar surface area (TPSA) is 37.4 Å². The molecule has 0 radical (unpaired) electrons. The van der Waals surface area contributed by atoms with Crippen LogP contribution in [0.15, 0.2) is 48.8 Å². The van der Waals surface area contributed by atoms with Gasteiger partial charge in [0.15, 0.2) is 0 Å². The van der Waals surface area contributed by atoms with E-state index in [2.05, 4.69) is 46.5 Å². The first-order chi connectivity index (χ1) is 10.2. The minimum absolute atomic E-state index is 0.294. The SMILES string of the molecule is CNC(CN(C)Cc1ccncc1)c1ccc(OC)cc1. The van der Waals surface area contributed by atoms with E-state index in [9.17, 15) is 0 Å². The Balaban J connectivity index is 1.97. The Morgan fingerprint density at radius 1 is 1.14 bits per heavy atom. The number of ether oxygens (including phenoxy) is 1. The van der Waals surface area contributed by atoms with E-state index < -0.39 is 0 Å². The van der Waals surface area contributed by atoms with Gasteiger partial charge in [-0.1, -0.05) is 12.1 Å². The summed E-state index contributed by atoms with van der Waals surface area (Å²) in [5.74, 6) is 0.888. The fraction of sp³-hybridized carbons (Fsp3) is 0.353. The molecule has 0 amide bonds. The zero-order valence-electron chi connectivity index (χ0n) is 12.9. The second-order valence-corrected chi connectivity index (χ2v) is 5.17. The first-order valence-electron chi connectivity index (χ1n) is 7.11. The Morgan fingerprint density at radius 2 is 1.81 bits per heavy atom. The molecule has 0 bridgehead atoms. The molecule has 0 fully saturated rings. The van der Waals surface area contributed by atoms with Gasteiger partial charge in [0, 0.05) is 31.5 Å². The van der Waals surface area contributed by atoms with Gasteiger partial charge in [0.05, 0.1) is 7.11 Å². The van der Waals surface area contributed by atoms with Crippen molar-refractivity contribution >= 4 is 0 Å². The van der Waals surface area contributed by atoms with E-state index in [1.54, 1.807) is 7.11 Å². The van der Waals surface area contributed by atoms with E-state index in [1.165, 1.54) is 11.1 Å². The van der Waals surface area contributed by atoms with Gasteiger partial charge in [0.1, 0.15) is 5.75 Å². The van der Waals surface area contributed by atoms with Gasteiger partial charge in [-0.05, 0) is 49.5 Å². The number of nitrogens with zero attached hydrogens (tertiary/aromatic N) is 2. The van der Waals surface area contributed by atoms with Gasteiger partial charge < -0.3 is 15.0 Å². The summed E-state index contributed by atoms with van der Waals surface area (Å²) in [4.78, 5) is 6.36. The van der Waals surface area contributed by atoms with Crippen LogP contribution in [0.5, 0.6) is 5.75 Å². The molecule has 1 aromatic carbocycles. The summed E-state index contributed by atoms with van der Waals surface area (Å²) in [6.45, 7) is 1.85. The van der Waals surface area contributed by atoms with Crippen molar-refractivity contribution < 1.29 is 4.74 Å². The first kappa shape index (κ1) is 15.5. The summed E-state index contributed by atoms with van der Waals surface area (Å²) in [5, 5.41) is 3.38. The molecule has 21 heavy (non-hydrogen) atoms. The molecule has 1 unspecified atom stereocenters. The summed E-state index contributed by atoms with van der Waals surface area (Å²) >= 11 is 0. The monoisotopic (exact) mass is 285 g/mol. The highest BCUT2D eigenvalue weighted by atomic mass is 16.5. The summed E-state index contributed by atoms with van der Waals surface area (Å²) in [6, 6.07) is 12.6. The normalized spacial score (nSPS) is 12.4. The number of benzene rings is 1. The summed E-state index contributed by atoms with van der Waals surface area (Å²) < 4.78 is 5.21. The van der Waals surface area contributed by atoms with Crippen molar-refractivity contribution in [2.45, 2.75) is 12.6 Å². The van der Waals surface area contributed by atoms with Gasteiger partial charge in [-0.15, -0.1) is 0 Å². The standard InChI is InChI=1S/C17H23N3O/c1-18-17(15-4-6-16(21-3)7-5-15)13-20(2)12-14-8-10-19-11-9-14/h4-11,17-18H,12-13H2,1-3H3. The zero-order valence-corrected chi connectivity index (χ0v) is 12.9. The molecule has 2 rings (SSSR count). The molecule has 1 N–H and O–H groups in total. The van der Waals surface area contributed by atoms with Crippen LogP contribution in [-0.4, -0.2) is 37.6 Å². The fourth-order valence-electron chi connectivity index (χ4n) is 2.38. The van der Waals surface area contributed by atoms with E-state index in [4.69, 9.17) is 4.74 Å². The van der Waals surface area contributed by atoms with Crippen LogP contribution in [0, 0.1) is 0 Å². The Kier molecular flexibility index (Phi) is 5.72. The van der Waals surface area contributed by atoms with Gasteiger partial charge in [0.2, 0.25) is 0 Å². The third-order valence-corrected chi connectivity index (χ3v) is 3.56. The van der Waals surface area contributed by atoms with E-state index in [-0.39, 0.29) is 0 Å². The van der Waals surface area contributed by atoms with Gasteiger partial charge in [-0.3, -0.25) is 4.98 Å². The molecule has 0 saturated heterocycles. The molecule has 4 nitrogen and oxygen atoms in total. The summed E-state index contributed by atoms with van der Waals surface area (Å²) in [5.41, 5.74) is 2.54. The Hall–Kier alpha value is -1.91. The van der Waals surface area contributed by atoms with Crippen molar-refractivity contribution in [3.05, 3.63) is 59.9 Å². The van der Waals surface area contributed by atoms with Crippen molar-refractivity contribution in [2.75, 3.05) is 27.7 Å². The van der Waals surface area contributed by atoms with E-state index in [0.29, 0.717) is 6.04 Å². The number of hydrogen-bond donors (Lipinski definition) is 1. The number of hydrogen-bond acceptors (Lipinski definition) is 4. The molecule has 1 aromatic heterocycles. The lowest BCUT2D eigenvalue weighted by atomic mass is 10.1. The molecule has 0 saturated carbocycles. The second-order valence-electron chi connectivity index (χ2n) is 5.17. The molecule has 112 valence electrons. The fourth-order valence-corrected chi connectivity index (χ4v) is 2.38. The Bertz CT molecular complexity index is 527. The molecule has 0 spiro atoms. The van der Waals surface area contributed by atoms with E-state index in [0.717, 1.165) is 18.8 Å². The van der Waals surface area contributed by atoms with Crippen LogP contribution in [0.1, 0.15) is 17.2 Å². The van der Waals surface area contributed by atoms with Gasteiger partial charge >= 0.3 is 0 Å². The van der Waals surface area contributed by atoms with Crippen LogP contribution in [-0.2, 0) is 6.54 Å². The van der Waals surface area contributed by atoms with Crippen LogP contribution in [0.3, 0.4) is 0 Å². The highest BCUT2D eigenvalue weighted by Gasteiger charge is 2.12. The largest absolute Gasteiger partial charge is 0.497 e. The predicted octanol–water partition coefficient (Wildman–Crippen LogP) is 2.48. The minimum atomic E-state index is 0.294. The van der Waals surface area contributed by atoms with Crippen molar-refractivity contribution in [3.63, 3.8) is 0 Å².